The van der Waals surface area contributed by atoms with E-state index >= 15 is 0 Å². The standard InChI is InChI=1S/C13H17FN2O3/c1-18-12-3-2-9(6-11(12)14)13(17)16-4-5-19-10(7-15)8-16/h2-3,6,10H,4-5,7-8,15H2,1H3. The van der Waals surface area contributed by atoms with Crippen molar-refractivity contribution in [3.8, 4) is 5.75 Å². The Bertz CT molecular complexity index is 467. The fourth-order valence-corrected chi connectivity index (χ4v) is 2.03. The molecule has 1 atom stereocenters. The van der Waals surface area contributed by atoms with Crippen LogP contribution in [0.25, 0.3) is 0 Å². The highest BCUT2D eigenvalue weighted by Crippen LogP contribution is 2.19. The lowest BCUT2D eigenvalue weighted by molar-refractivity contribution is -0.0167. The van der Waals surface area contributed by atoms with Crippen molar-refractivity contribution in [2.24, 2.45) is 5.73 Å². The number of nitrogens with two attached hydrogens (primary N) is 1. The Kier molecular flexibility index (Phi) is 4.34. The normalized spacial score (nSPS) is 19.3. The smallest absolute Gasteiger partial charge is 0.254 e. The summed E-state index contributed by atoms with van der Waals surface area (Å²) < 4.78 is 23.8. The number of halogens is 1. The summed E-state index contributed by atoms with van der Waals surface area (Å²) in [7, 11) is 1.38. The Hall–Kier alpha value is -1.66. The molecule has 1 saturated heterocycles. The van der Waals surface area contributed by atoms with Gasteiger partial charge in [-0.3, -0.25) is 4.79 Å². The van der Waals surface area contributed by atoms with Gasteiger partial charge in [0, 0.05) is 25.2 Å². The summed E-state index contributed by atoms with van der Waals surface area (Å²) in [6, 6.07) is 4.19. The van der Waals surface area contributed by atoms with Crippen molar-refractivity contribution < 1.29 is 18.7 Å². The average molecular weight is 268 g/mol. The molecule has 104 valence electrons. The van der Waals surface area contributed by atoms with Crippen LogP contribution in [0.1, 0.15) is 10.4 Å². The summed E-state index contributed by atoms with van der Waals surface area (Å²) in [5, 5.41) is 0. The molecule has 0 spiro atoms. The maximum atomic E-state index is 13.6. The van der Waals surface area contributed by atoms with Crippen LogP contribution < -0.4 is 10.5 Å². The van der Waals surface area contributed by atoms with Crippen LogP contribution in [-0.2, 0) is 4.74 Å². The molecule has 2 rings (SSSR count). The number of morpholine rings is 1. The predicted octanol–water partition coefficient (Wildman–Crippen LogP) is 0.634. The maximum Gasteiger partial charge on any atom is 0.254 e. The Labute approximate surface area is 111 Å². The summed E-state index contributed by atoms with van der Waals surface area (Å²) in [5.74, 6) is -0.640. The van der Waals surface area contributed by atoms with E-state index in [9.17, 15) is 9.18 Å². The molecular weight excluding hydrogens is 251 g/mol. The molecule has 0 bridgehead atoms. The summed E-state index contributed by atoms with van der Waals surface area (Å²) in [6.45, 7) is 1.74. The van der Waals surface area contributed by atoms with E-state index in [0.717, 1.165) is 0 Å². The van der Waals surface area contributed by atoms with E-state index in [1.165, 1.54) is 19.2 Å². The van der Waals surface area contributed by atoms with Crippen LogP contribution in [0.3, 0.4) is 0 Å². The fourth-order valence-electron chi connectivity index (χ4n) is 2.03. The van der Waals surface area contributed by atoms with E-state index in [1.54, 1.807) is 11.0 Å². The molecule has 1 aliphatic rings. The number of nitrogens with zero attached hydrogens (tertiary/aromatic N) is 1. The zero-order chi connectivity index (χ0) is 13.8. The van der Waals surface area contributed by atoms with Crippen LogP contribution in [0.15, 0.2) is 18.2 Å². The van der Waals surface area contributed by atoms with Crippen LogP contribution in [0.4, 0.5) is 4.39 Å². The second-order valence-corrected chi connectivity index (χ2v) is 4.33. The molecule has 1 fully saturated rings. The third-order valence-electron chi connectivity index (χ3n) is 3.09. The van der Waals surface area contributed by atoms with Gasteiger partial charge in [0.2, 0.25) is 0 Å². The molecule has 0 radical (unpaired) electrons. The largest absolute Gasteiger partial charge is 0.494 e. The zero-order valence-corrected chi connectivity index (χ0v) is 10.8. The lowest BCUT2D eigenvalue weighted by atomic mass is 10.1. The van der Waals surface area contributed by atoms with Gasteiger partial charge in [-0.05, 0) is 18.2 Å². The van der Waals surface area contributed by atoms with Gasteiger partial charge in [0.15, 0.2) is 11.6 Å². The first-order chi connectivity index (χ1) is 9.15. The number of amides is 1. The van der Waals surface area contributed by atoms with Gasteiger partial charge in [-0.15, -0.1) is 0 Å². The molecule has 1 aromatic rings. The van der Waals surface area contributed by atoms with Gasteiger partial charge >= 0.3 is 0 Å². The number of methoxy groups -OCH3 is 1. The molecule has 19 heavy (non-hydrogen) atoms. The van der Waals surface area contributed by atoms with E-state index in [2.05, 4.69) is 0 Å². The van der Waals surface area contributed by atoms with Crippen molar-refractivity contribution in [2.45, 2.75) is 6.10 Å². The molecule has 1 heterocycles. The highest BCUT2D eigenvalue weighted by Gasteiger charge is 2.24. The van der Waals surface area contributed by atoms with Crippen molar-refractivity contribution in [2.75, 3.05) is 33.4 Å². The van der Waals surface area contributed by atoms with Gasteiger partial charge in [0.25, 0.3) is 5.91 Å². The van der Waals surface area contributed by atoms with Crippen molar-refractivity contribution >= 4 is 5.91 Å². The number of carbonyl (C=O) groups is 1. The topological polar surface area (TPSA) is 64.8 Å². The Balaban J connectivity index is 2.12. The van der Waals surface area contributed by atoms with Gasteiger partial charge in [-0.2, -0.15) is 0 Å². The molecule has 0 aliphatic carbocycles. The van der Waals surface area contributed by atoms with Crippen molar-refractivity contribution in [1.82, 2.24) is 4.90 Å². The third-order valence-corrected chi connectivity index (χ3v) is 3.09. The van der Waals surface area contributed by atoms with E-state index in [-0.39, 0.29) is 17.8 Å². The van der Waals surface area contributed by atoms with Crippen molar-refractivity contribution in [3.05, 3.63) is 29.6 Å². The van der Waals surface area contributed by atoms with Gasteiger partial charge in [-0.1, -0.05) is 0 Å². The molecule has 1 aromatic carbocycles. The Morgan fingerprint density at radius 2 is 2.42 bits per heavy atom. The second kappa shape index (κ2) is 5.99. The molecule has 1 unspecified atom stereocenters. The highest BCUT2D eigenvalue weighted by molar-refractivity contribution is 5.94. The highest BCUT2D eigenvalue weighted by atomic mass is 19.1. The van der Waals surface area contributed by atoms with E-state index in [1.807, 2.05) is 0 Å². The predicted molar refractivity (Wildman–Crippen MR) is 67.6 cm³/mol. The summed E-state index contributed by atoms with van der Waals surface area (Å²) in [6.07, 6.45) is -0.152. The van der Waals surface area contributed by atoms with Crippen LogP contribution in [0.5, 0.6) is 5.75 Å². The molecule has 6 heteroatoms. The maximum absolute atomic E-state index is 13.6. The SMILES string of the molecule is COc1ccc(C(=O)N2CCOC(CN)C2)cc1F. The molecule has 0 saturated carbocycles. The van der Waals surface area contributed by atoms with Crippen LogP contribution in [0, 0.1) is 5.82 Å². The van der Waals surface area contributed by atoms with Crippen molar-refractivity contribution in [1.29, 1.82) is 0 Å². The first-order valence-electron chi connectivity index (χ1n) is 6.10. The van der Waals surface area contributed by atoms with Gasteiger partial charge in [0.1, 0.15) is 0 Å². The lowest BCUT2D eigenvalue weighted by Gasteiger charge is -2.32. The van der Waals surface area contributed by atoms with E-state index < -0.39 is 5.82 Å². The van der Waals surface area contributed by atoms with Crippen molar-refractivity contribution in [3.63, 3.8) is 0 Å². The summed E-state index contributed by atoms with van der Waals surface area (Å²) in [5.41, 5.74) is 5.83. The number of rotatable bonds is 3. The number of benzene rings is 1. The summed E-state index contributed by atoms with van der Waals surface area (Å²) in [4.78, 5) is 13.9. The van der Waals surface area contributed by atoms with Gasteiger partial charge < -0.3 is 20.1 Å². The van der Waals surface area contributed by atoms with Crippen LogP contribution in [0.2, 0.25) is 0 Å². The molecule has 0 aromatic heterocycles. The number of hydrogen-bond acceptors (Lipinski definition) is 4. The number of hydrogen-bond donors (Lipinski definition) is 1. The molecule has 1 amide bonds. The zero-order valence-electron chi connectivity index (χ0n) is 10.8. The quantitative estimate of drug-likeness (QED) is 0.873. The fraction of sp³-hybridized carbons (Fsp3) is 0.462. The molecule has 5 nitrogen and oxygen atoms in total. The first kappa shape index (κ1) is 13.8. The molecule has 1 aliphatic heterocycles. The van der Waals surface area contributed by atoms with Crippen LogP contribution in [-0.4, -0.2) is 50.3 Å². The minimum Gasteiger partial charge on any atom is -0.494 e. The first-order valence-corrected chi connectivity index (χ1v) is 6.10. The number of ether oxygens (including phenoxy) is 2. The lowest BCUT2D eigenvalue weighted by Crippen LogP contribution is -2.48. The minimum atomic E-state index is -0.544. The van der Waals surface area contributed by atoms with E-state index in [4.69, 9.17) is 15.2 Å². The number of carbonyl (C=O) groups excluding carboxylic acids is 1. The minimum absolute atomic E-state index is 0.123. The van der Waals surface area contributed by atoms with Crippen LogP contribution >= 0.6 is 0 Å². The Morgan fingerprint density at radius 1 is 1.63 bits per heavy atom. The van der Waals surface area contributed by atoms with Gasteiger partial charge in [0.05, 0.1) is 19.8 Å². The van der Waals surface area contributed by atoms with E-state index in [0.29, 0.717) is 31.8 Å². The second-order valence-electron chi connectivity index (χ2n) is 4.33. The molecule has 2 N–H and O–H groups in total. The monoisotopic (exact) mass is 268 g/mol. The van der Waals surface area contributed by atoms with Gasteiger partial charge in [-0.25, -0.2) is 4.39 Å². The third kappa shape index (κ3) is 3.02. The Morgan fingerprint density at radius 3 is 3.05 bits per heavy atom. The average Bonchev–Trinajstić information content (AvgIpc) is 2.46. The molecular formula is C13H17FN2O3. The summed E-state index contributed by atoms with van der Waals surface area (Å²) >= 11 is 0.